The summed E-state index contributed by atoms with van der Waals surface area (Å²) >= 11 is 0. The van der Waals surface area contributed by atoms with E-state index in [2.05, 4.69) is 5.32 Å². The van der Waals surface area contributed by atoms with Gasteiger partial charge in [0.25, 0.3) is 0 Å². The monoisotopic (exact) mass is 328 g/mol. The minimum absolute atomic E-state index is 0.0400. The highest BCUT2D eigenvalue weighted by Crippen LogP contribution is 2.30. The molecule has 2 aromatic carbocycles. The van der Waals surface area contributed by atoms with E-state index in [1.165, 1.54) is 0 Å². The molecule has 0 heterocycles. The van der Waals surface area contributed by atoms with Gasteiger partial charge in [0.2, 0.25) is 5.91 Å². The molecule has 2 rings (SSSR count). The number of para-hydroxylation sites is 1. The second-order valence-electron chi connectivity index (χ2n) is 5.72. The third-order valence-electron chi connectivity index (χ3n) is 3.75. The quantitative estimate of drug-likeness (QED) is 0.848. The van der Waals surface area contributed by atoms with Gasteiger partial charge in [-0.1, -0.05) is 18.2 Å². The molecule has 0 saturated carbocycles. The highest BCUT2D eigenvalue weighted by atomic mass is 16.5. The highest BCUT2D eigenvalue weighted by molar-refractivity contribution is 5.92. The van der Waals surface area contributed by atoms with Gasteiger partial charge in [-0.3, -0.25) is 9.69 Å². The summed E-state index contributed by atoms with van der Waals surface area (Å²) in [4.78, 5) is 14.1. The van der Waals surface area contributed by atoms with E-state index in [0.29, 0.717) is 24.6 Å². The molecule has 2 aromatic rings. The minimum Gasteiger partial charge on any atom is -0.493 e. The van der Waals surface area contributed by atoms with Crippen LogP contribution >= 0.6 is 0 Å². The largest absolute Gasteiger partial charge is 0.493 e. The maximum absolute atomic E-state index is 12.1. The van der Waals surface area contributed by atoms with Crippen LogP contribution in [0.25, 0.3) is 0 Å². The molecule has 0 aliphatic carbocycles. The van der Waals surface area contributed by atoms with Crippen LogP contribution < -0.4 is 14.8 Å². The van der Waals surface area contributed by atoms with E-state index in [9.17, 15) is 4.79 Å². The lowest BCUT2D eigenvalue weighted by Gasteiger charge is -2.19. The van der Waals surface area contributed by atoms with Crippen LogP contribution in [-0.4, -0.2) is 38.6 Å². The number of benzene rings is 2. The van der Waals surface area contributed by atoms with Gasteiger partial charge in [-0.25, -0.2) is 0 Å². The second kappa shape index (κ2) is 8.36. The molecule has 1 N–H and O–H groups in total. The number of likely N-dealkylation sites (N-methyl/N-ethyl adjacent to an activating group) is 1. The number of methoxy groups -OCH3 is 2. The molecule has 24 heavy (non-hydrogen) atoms. The maximum Gasteiger partial charge on any atom is 0.238 e. The first-order valence-corrected chi connectivity index (χ1v) is 7.78. The van der Waals surface area contributed by atoms with Crippen molar-refractivity contribution >= 4 is 11.6 Å². The number of aryl methyl sites for hydroxylation is 1. The van der Waals surface area contributed by atoms with Gasteiger partial charge in [0, 0.05) is 12.2 Å². The number of anilines is 1. The average Bonchev–Trinajstić information content (AvgIpc) is 2.56. The van der Waals surface area contributed by atoms with Gasteiger partial charge in [0.15, 0.2) is 11.5 Å². The predicted molar refractivity (Wildman–Crippen MR) is 95.7 cm³/mol. The van der Waals surface area contributed by atoms with E-state index in [4.69, 9.17) is 9.47 Å². The number of hydrogen-bond acceptors (Lipinski definition) is 4. The zero-order valence-corrected chi connectivity index (χ0v) is 14.6. The van der Waals surface area contributed by atoms with E-state index >= 15 is 0 Å². The van der Waals surface area contributed by atoms with Crippen molar-refractivity contribution in [2.24, 2.45) is 0 Å². The van der Waals surface area contributed by atoms with E-state index < -0.39 is 0 Å². The zero-order valence-electron chi connectivity index (χ0n) is 14.6. The molecule has 1 amide bonds. The van der Waals surface area contributed by atoms with Crippen LogP contribution in [0.15, 0.2) is 42.5 Å². The van der Waals surface area contributed by atoms with Crippen LogP contribution in [0.4, 0.5) is 5.69 Å². The summed E-state index contributed by atoms with van der Waals surface area (Å²) in [5.74, 6) is 1.37. The number of carbonyl (C=O) groups is 1. The van der Waals surface area contributed by atoms with Gasteiger partial charge < -0.3 is 14.8 Å². The molecule has 0 atom stereocenters. The van der Waals surface area contributed by atoms with Crippen molar-refractivity contribution < 1.29 is 14.3 Å². The molecule has 0 aliphatic rings. The fourth-order valence-corrected chi connectivity index (χ4v) is 2.51. The lowest BCUT2D eigenvalue weighted by Crippen LogP contribution is -2.30. The Morgan fingerprint density at radius 3 is 2.33 bits per heavy atom. The van der Waals surface area contributed by atoms with Gasteiger partial charge >= 0.3 is 0 Å². The fourth-order valence-electron chi connectivity index (χ4n) is 2.51. The van der Waals surface area contributed by atoms with Crippen molar-refractivity contribution in [3.05, 3.63) is 53.6 Å². The molecule has 0 radical (unpaired) electrons. The lowest BCUT2D eigenvalue weighted by molar-refractivity contribution is -0.117. The summed E-state index contributed by atoms with van der Waals surface area (Å²) < 4.78 is 10.7. The van der Waals surface area contributed by atoms with Crippen LogP contribution in [0.3, 0.4) is 0 Å². The van der Waals surface area contributed by atoms with Crippen molar-refractivity contribution in [2.75, 3.05) is 33.1 Å². The molecule has 0 saturated heterocycles. The Hall–Kier alpha value is -2.53. The van der Waals surface area contributed by atoms with Crippen molar-refractivity contribution in [1.29, 1.82) is 0 Å². The van der Waals surface area contributed by atoms with Crippen LogP contribution in [-0.2, 0) is 11.3 Å². The van der Waals surface area contributed by atoms with Crippen LogP contribution in [0.5, 0.6) is 11.5 Å². The number of rotatable bonds is 7. The molecule has 5 nitrogen and oxygen atoms in total. The molecular weight excluding hydrogens is 304 g/mol. The second-order valence-corrected chi connectivity index (χ2v) is 5.72. The summed E-state index contributed by atoms with van der Waals surface area (Å²) in [6.45, 7) is 2.98. The van der Waals surface area contributed by atoms with Crippen LogP contribution in [0.1, 0.15) is 11.1 Å². The van der Waals surface area contributed by atoms with Crippen molar-refractivity contribution in [1.82, 2.24) is 4.90 Å². The minimum atomic E-state index is -0.0400. The standard InChI is InChI=1S/C19H24N2O3/c1-14-10-17(23-3)18(24-4)11-15(14)12-21(2)13-19(22)20-16-8-6-5-7-9-16/h5-11H,12-13H2,1-4H3,(H,20,22). The Morgan fingerprint density at radius 2 is 1.71 bits per heavy atom. The lowest BCUT2D eigenvalue weighted by atomic mass is 10.1. The van der Waals surface area contributed by atoms with E-state index in [1.807, 2.05) is 61.3 Å². The summed E-state index contributed by atoms with van der Waals surface area (Å²) in [5.41, 5.74) is 3.00. The normalized spacial score (nSPS) is 10.5. The van der Waals surface area contributed by atoms with Gasteiger partial charge in [0.1, 0.15) is 0 Å². The number of ether oxygens (including phenoxy) is 2. The third kappa shape index (κ3) is 4.73. The SMILES string of the molecule is COc1cc(C)c(CN(C)CC(=O)Nc2ccccc2)cc1OC. The smallest absolute Gasteiger partial charge is 0.238 e. The highest BCUT2D eigenvalue weighted by Gasteiger charge is 2.12. The Labute approximate surface area is 143 Å². The zero-order chi connectivity index (χ0) is 17.5. The molecule has 0 bridgehead atoms. The molecule has 0 fully saturated rings. The number of amides is 1. The van der Waals surface area contributed by atoms with Crippen molar-refractivity contribution in [2.45, 2.75) is 13.5 Å². The Bertz CT molecular complexity index is 687. The average molecular weight is 328 g/mol. The summed E-state index contributed by atoms with van der Waals surface area (Å²) in [7, 11) is 5.16. The Kier molecular flexibility index (Phi) is 6.21. The summed E-state index contributed by atoms with van der Waals surface area (Å²) in [6.07, 6.45) is 0. The van der Waals surface area contributed by atoms with Crippen LogP contribution in [0.2, 0.25) is 0 Å². The summed E-state index contributed by atoms with van der Waals surface area (Å²) in [6, 6.07) is 13.4. The fraction of sp³-hybridized carbons (Fsp3) is 0.316. The van der Waals surface area contributed by atoms with Gasteiger partial charge in [0.05, 0.1) is 20.8 Å². The molecule has 0 unspecified atom stereocenters. The maximum atomic E-state index is 12.1. The topological polar surface area (TPSA) is 50.8 Å². The first-order chi connectivity index (χ1) is 11.5. The number of carbonyl (C=O) groups excluding carboxylic acids is 1. The van der Waals surface area contributed by atoms with Crippen molar-refractivity contribution in [3.63, 3.8) is 0 Å². The Balaban J connectivity index is 1.99. The predicted octanol–water partition coefficient (Wildman–Crippen LogP) is 3.08. The van der Waals surface area contributed by atoms with E-state index in [0.717, 1.165) is 16.8 Å². The van der Waals surface area contributed by atoms with E-state index in [-0.39, 0.29) is 5.91 Å². The molecule has 0 aliphatic heterocycles. The van der Waals surface area contributed by atoms with E-state index in [1.54, 1.807) is 14.2 Å². The van der Waals surface area contributed by atoms with Gasteiger partial charge in [-0.2, -0.15) is 0 Å². The number of hydrogen-bond donors (Lipinski definition) is 1. The summed E-state index contributed by atoms with van der Waals surface area (Å²) in [5, 5.41) is 2.89. The number of nitrogens with zero attached hydrogens (tertiary/aromatic N) is 1. The van der Waals surface area contributed by atoms with Crippen molar-refractivity contribution in [3.8, 4) is 11.5 Å². The Morgan fingerprint density at radius 1 is 1.08 bits per heavy atom. The third-order valence-corrected chi connectivity index (χ3v) is 3.75. The molecule has 0 spiro atoms. The molecule has 5 heteroatoms. The van der Waals surface area contributed by atoms with Gasteiger partial charge in [-0.05, 0) is 49.4 Å². The van der Waals surface area contributed by atoms with Crippen LogP contribution in [0, 0.1) is 6.92 Å². The first kappa shape index (κ1) is 17.8. The number of nitrogens with one attached hydrogen (secondary N) is 1. The molecular formula is C19H24N2O3. The molecule has 0 aromatic heterocycles. The molecule has 128 valence electrons. The van der Waals surface area contributed by atoms with Gasteiger partial charge in [-0.15, -0.1) is 0 Å². The first-order valence-electron chi connectivity index (χ1n) is 7.78.